The van der Waals surface area contributed by atoms with Crippen molar-refractivity contribution in [3.8, 4) is 0 Å². The largest absolute Gasteiger partial charge is 0.452 e. The molecule has 1 amide bonds. The van der Waals surface area contributed by atoms with Crippen LogP contribution in [0.5, 0.6) is 0 Å². The van der Waals surface area contributed by atoms with E-state index in [-0.39, 0.29) is 5.56 Å². The number of halogens is 3. The molecule has 0 atom stereocenters. The molecule has 2 rings (SSSR count). The molecule has 146 valence electrons. The topological polar surface area (TPSA) is 55.4 Å². The fourth-order valence-corrected chi connectivity index (χ4v) is 2.71. The number of rotatable bonds is 7. The van der Waals surface area contributed by atoms with Crippen molar-refractivity contribution in [2.45, 2.75) is 38.3 Å². The average molecular weight is 381 g/mol. The maximum atomic E-state index is 12.6. The number of hydrogen-bond acceptors (Lipinski definition) is 3. The summed E-state index contributed by atoms with van der Waals surface area (Å²) in [4.78, 5) is 23.3. The molecule has 0 spiro atoms. The summed E-state index contributed by atoms with van der Waals surface area (Å²) < 4.78 is 42.7. The van der Waals surface area contributed by atoms with Crippen LogP contribution in [0.4, 0.5) is 13.2 Å². The Balaban J connectivity index is 1.71. The summed E-state index contributed by atoms with van der Waals surface area (Å²) in [5, 5.41) is 2.68. The Morgan fingerprint density at radius 1 is 1.22 bits per heavy atom. The highest BCUT2D eigenvalue weighted by Crippen LogP contribution is 2.29. The van der Waals surface area contributed by atoms with Crippen LogP contribution in [0.25, 0.3) is 6.08 Å². The number of ether oxygens (including phenoxy) is 1. The van der Waals surface area contributed by atoms with Crippen LogP contribution >= 0.6 is 0 Å². The zero-order chi connectivity index (χ0) is 19.7. The van der Waals surface area contributed by atoms with Gasteiger partial charge in [0.25, 0.3) is 5.91 Å². The van der Waals surface area contributed by atoms with Crippen LogP contribution in [0.2, 0.25) is 0 Å². The van der Waals surface area contributed by atoms with Gasteiger partial charge in [0.1, 0.15) is 0 Å². The van der Waals surface area contributed by atoms with Crippen molar-refractivity contribution in [1.29, 1.82) is 0 Å². The molecule has 4 nitrogen and oxygen atoms in total. The molecular weight excluding hydrogens is 359 g/mol. The average Bonchev–Trinajstić information content (AvgIpc) is 2.65. The van der Waals surface area contributed by atoms with E-state index in [0.29, 0.717) is 6.54 Å². The van der Waals surface area contributed by atoms with Crippen molar-refractivity contribution in [2.75, 3.05) is 13.2 Å². The Hall–Kier alpha value is -2.57. The third-order valence-corrected chi connectivity index (χ3v) is 4.12. The zero-order valence-corrected chi connectivity index (χ0v) is 14.8. The summed E-state index contributed by atoms with van der Waals surface area (Å²) in [6.07, 6.45) is 5.28. The molecular formula is C20H22F3NO3. The van der Waals surface area contributed by atoms with E-state index < -0.39 is 30.2 Å². The van der Waals surface area contributed by atoms with Gasteiger partial charge in [-0.1, -0.05) is 23.8 Å². The second kappa shape index (κ2) is 9.94. The van der Waals surface area contributed by atoms with Crippen molar-refractivity contribution in [3.05, 3.63) is 53.1 Å². The molecule has 1 aromatic carbocycles. The summed E-state index contributed by atoms with van der Waals surface area (Å²) in [6.45, 7) is 0.0626. The van der Waals surface area contributed by atoms with E-state index in [9.17, 15) is 22.8 Å². The van der Waals surface area contributed by atoms with Gasteiger partial charge in [0, 0.05) is 12.6 Å². The van der Waals surface area contributed by atoms with Crippen LogP contribution in [-0.2, 0) is 20.5 Å². The van der Waals surface area contributed by atoms with Crippen LogP contribution in [0.15, 0.2) is 42.0 Å². The van der Waals surface area contributed by atoms with Gasteiger partial charge < -0.3 is 10.1 Å². The molecule has 0 fully saturated rings. The molecule has 1 aliphatic carbocycles. The van der Waals surface area contributed by atoms with E-state index in [1.165, 1.54) is 36.6 Å². The number of alkyl halides is 3. The first kappa shape index (κ1) is 20.7. The summed E-state index contributed by atoms with van der Waals surface area (Å²) in [5.41, 5.74) is 0.750. The van der Waals surface area contributed by atoms with E-state index in [2.05, 4.69) is 11.4 Å². The Bertz CT molecular complexity index is 723. The number of nitrogens with one attached hydrogen (secondary N) is 1. The van der Waals surface area contributed by atoms with Crippen LogP contribution in [0.3, 0.4) is 0 Å². The van der Waals surface area contributed by atoms with Crippen molar-refractivity contribution in [3.63, 3.8) is 0 Å². The first-order valence-electron chi connectivity index (χ1n) is 8.81. The SMILES string of the molecule is O=C(COC(=O)C=Cc1cccc(C(F)(F)F)c1)NCCC1=CCCCC1. The molecule has 1 aliphatic rings. The summed E-state index contributed by atoms with van der Waals surface area (Å²) in [5.74, 6) is -1.20. The third-order valence-electron chi connectivity index (χ3n) is 4.12. The van der Waals surface area contributed by atoms with Gasteiger partial charge in [0.05, 0.1) is 5.56 Å². The quantitative estimate of drug-likeness (QED) is 0.436. The van der Waals surface area contributed by atoms with E-state index in [4.69, 9.17) is 4.74 Å². The molecule has 7 heteroatoms. The Morgan fingerprint density at radius 3 is 2.74 bits per heavy atom. The van der Waals surface area contributed by atoms with Crippen molar-refractivity contribution < 1.29 is 27.5 Å². The monoisotopic (exact) mass is 381 g/mol. The minimum atomic E-state index is -4.45. The number of esters is 1. The fourth-order valence-electron chi connectivity index (χ4n) is 2.71. The predicted molar refractivity (Wildman–Crippen MR) is 95.6 cm³/mol. The maximum Gasteiger partial charge on any atom is 0.416 e. The second-order valence-electron chi connectivity index (χ2n) is 6.27. The minimum Gasteiger partial charge on any atom is -0.452 e. The lowest BCUT2D eigenvalue weighted by Crippen LogP contribution is -2.29. The minimum absolute atomic E-state index is 0.215. The van der Waals surface area contributed by atoms with Crippen LogP contribution in [0.1, 0.15) is 43.2 Å². The zero-order valence-electron chi connectivity index (χ0n) is 14.8. The van der Waals surface area contributed by atoms with Gasteiger partial charge in [-0.2, -0.15) is 13.2 Å². The van der Waals surface area contributed by atoms with Gasteiger partial charge in [0.15, 0.2) is 6.61 Å². The van der Waals surface area contributed by atoms with Crippen molar-refractivity contribution in [2.24, 2.45) is 0 Å². The second-order valence-corrected chi connectivity index (χ2v) is 6.27. The third kappa shape index (κ3) is 7.68. The molecule has 0 aromatic heterocycles. The highest BCUT2D eigenvalue weighted by Gasteiger charge is 2.30. The first-order chi connectivity index (χ1) is 12.8. The normalized spacial score (nSPS) is 14.7. The molecule has 0 bridgehead atoms. The summed E-state index contributed by atoms with van der Waals surface area (Å²) in [6, 6.07) is 4.56. The highest BCUT2D eigenvalue weighted by molar-refractivity contribution is 5.89. The maximum absolute atomic E-state index is 12.6. The number of hydrogen-bond donors (Lipinski definition) is 1. The highest BCUT2D eigenvalue weighted by atomic mass is 19.4. The lowest BCUT2D eigenvalue weighted by Gasteiger charge is -2.12. The summed E-state index contributed by atoms with van der Waals surface area (Å²) >= 11 is 0. The molecule has 0 heterocycles. The molecule has 0 saturated carbocycles. The Morgan fingerprint density at radius 2 is 2.04 bits per heavy atom. The predicted octanol–water partition coefficient (Wildman–Crippen LogP) is 4.27. The molecule has 0 radical (unpaired) electrons. The molecule has 1 N–H and O–H groups in total. The number of carbonyl (C=O) groups excluding carboxylic acids is 2. The van der Waals surface area contributed by atoms with Gasteiger partial charge in [0.2, 0.25) is 0 Å². The van der Waals surface area contributed by atoms with E-state index in [1.807, 2.05) is 0 Å². The Kier molecular flexibility index (Phi) is 7.64. The molecule has 0 saturated heterocycles. The molecule has 0 aliphatic heterocycles. The molecule has 1 aromatic rings. The standard InChI is InChI=1S/C20H22F3NO3/c21-20(22,23)17-8-4-7-16(13-17)9-10-19(26)27-14-18(25)24-12-11-15-5-2-1-3-6-15/h4-5,7-10,13H,1-3,6,11-12,14H2,(H,24,25). The lowest BCUT2D eigenvalue weighted by molar-refractivity contribution is -0.143. The van der Waals surface area contributed by atoms with Gasteiger partial charge in [-0.15, -0.1) is 0 Å². The van der Waals surface area contributed by atoms with E-state index in [1.54, 1.807) is 0 Å². The van der Waals surface area contributed by atoms with Gasteiger partial charge >= 0.3 is 12.1 Å². The van der Waals surface area contributed by atoms with Crippen molar-refractivity contribution >= 4 is 18.0 Å². The van der Waals surface area contributed by atoms with Gasteiger partial charge in [-0.05, 0) is 55.9 Å². The fraction of sp³-hybridized carbons (Fsp3) is 0.400. The summed E-state index contributed by atoms with van der Waals surface area (Å²) in [7, 11) is 0. The molecule has 0 unspecified atom stereocenters. The number of carbonyl (C=O) groups is 2. The smallest absolute Gasteiger partial charge is 0.416 e. The van der Waals surface area contributed by atoms with Gasteiger partial charge in [-0.25, -0.2) is 4.79 Å². The van der Waals surface area contributed by atoms with Crippen LogP contribution in [-0.4, -0.2) is 25.0 Å². The number of benzene rings is 1. The molecule has 27 heavy (non-hydrogen) atoms. The number of amides is 1. The van der Waals surface area contributed by atoms with Crippen LogP contribution < -0.4 is 5.32 Å². The first-order valence-corrected chi connectivity index (χ1v) is 8.81. The lowest BCUT2D eigenvalue weighted by atomic mass is 9.97. The van der Waals surface area contributed by atoms with E-state index in [0.717, 1.165) is 37.5 Å². The number of allylic oxidation sites excluding steroid dienone is 1. The van der Waals surface area contributed by atoms with E-state index >= 15 is 0 Å². The van der Waals surface area contributed by atoms with Crippen molar-refractivity contribution in [1.82, 2.24) is 5.32 Å². The van der Waals surface area contributed by atoms with Gasteiger partial charge in [-0.3, -0.25) is 4.79 Å². The van der Waals surface area contributed by atoms with Crippen LogP contribution in [0, 0.1) is 0 Å². The Labute approximate surface area is 156 Å².